The first-order chi connectivity index (χ1) is 22.5. The van der Waals surface area contributed by atoms with Crippen LogP contribution in [0.25, 0.3) is 0 Å². The van der Waals surface area contributed by atoms with Crippen LogP contribution in [0.5, 0.6) is 0 Å². The first kappa shape index (κ1) is 32.1. The van der Waals surface area contributed by atoms with E-state index >= 15 is 0 Å². The highest BCUT2D eigenvalue weighted by molar-refractivity contribution is 6.30. The molecule has 0 radical (unpaired) electrons. The largest absolute Gasteiger partial charge is 0.343 e. The summed E-state index contributed by atoms with van der Waals surface area (Å²) < 4.78 is 2.00. The molecule has 250 valence electrons. The van der Waals surface area contributed by atoms with Crippen LogP contribution in [0.15, 0.2) is 36.9 Å². The number of nitrogens with zero attached hydrogens (tertiary/aromatic N) is 5. The Kier molecular flexibility index (Phi) is 10.0. The topological polar surface area (TPSA) is 83.4 Å². The summed E-state index contributed by atoms with van der Waals surface area (Å²) in [7, 11) is 0. The van der Waals surface area contributed by atoms with Gasteiger partial charge in [0.15, 0.2) is 0 Å². The smallest absolute Gasteiger partial charge is 0.245 e. The number of rotatable bonds is 10. The van der Waals surface area contributed by atoms with Gasteiger partial charge in [-0.3, -0.25) is 19.2 Å². The van der Waals surface area contributed by atoms with Gasteiger partial charge in [-0.2, -0.15) is 5.10 Å². The maximum atomic E-state index is 14.4. The number of hydrogen-bond acceptors (Lipinski definition) is 5. The van der Waals surface area contributed by atoms with Crippen molar-refractivity contribution in [1.29, 1.82) is 0 Å². The summed E-state index contributed by atoms with van der Waals surface area (Å²) in [4.78, 5) is 37.4. The third-order valence-corrected chi connectivity index (χ3v) is 12.7. The van der Waals surface area contributed by atoms with Crippen molar-refractivity contribution in [2.24, 2.45) is 29.1 Å². The number of carbonyl (C=O) groups is 2. The average Bonchev–Trinajstić information content (AvgIpc) is 3.76. The van der Waals surface area contributed by atoms with E-state index in [1.807, 2.05) is 40.2 Å². The molecule has 3 saturated carbocycles. The van der Waals surface area contributed by atoms with Crippen molar-refractivity contribution in [3.05, 3.63) is 47.5 Å². The molecule has 1 aromatic heterocycles. The Morgan fingerprint density at radius 3 is 2.35 bits per heavy atom. The number of halogens is 1. The summed E-state index contributed by atoms with van der Waals surface area (Å²) in [5, 5.41) is 8.52. The Hall–Kier alpha value is -2.45. The van der Waals surface area contributed by atoms with Gasteiger partial charge in [0.2, 0.25) is 11.8 Å². The molecule has 4 atom stereocenters. The number of likely N-dealkylation sites (tertiary alicyclic amines) is 2. The van der Waals surface area contributed by atoms with Gasteiger partial charge in [0, 0.05) is 44.2 Å². The maximum absolute atomic E-state index is 14.4. The molecular weight excluding hydrogens is 596 g/mol. The van der Waals surface area contributed by atoms with Gasteiger partial charge < -0.3 is 10.2 Å². The van der Waals surface area contributed by atoms with Crippen molar-refractivity contribution in [2.45, 2.75) is 115 Å². The molecule has 2 aromatic rings. The zero-order valence-electron chi connectivity index (χ0n) is 27.5. The van der Waals surface area contributed by atoms with Crippen LogP contribution >= 0.6 is 11.6 Å². The van der Waals surface area contributed by atoms with E-state index in [1.54, 1.807) is 6.33 Å². The normalized spacial score (nSPS) is 27.9. The van der Waals surface area contributed by atoms with Crippen molar-refractivity contribution >= 4 is 23.4 Å². The molecule has 2 aliphatic heterocycles. The lowest BCUT2D eigenvalue weighted by molar-refractivity contribution is -0.141. The van der Waals surface area contributed by atoms with Gasteiger partial charge >= 0.3 is 0 Å². The van der Waals surface area contributed by atoms with Crippen LogP contribution in [0.3, 0.4) is 0 Å². The first-order valence-corrected chi connectivity index (χ1v) is 18.7. The molecule has 7 rings (SSSR count). The minimum atomic E-state index is -0.585. The summed E-state index contributed by atoms with van der Waals surface area (Å²) >= 11 is 6.22. The minimum absolute atomic E-state index is 0.0525. The van der Waals surface area contributed by atoms with E-state index in [-0.39, 0.29) is 23.3 Å². The van der Waals surface area contributed by atoms with Crippen molar-refractivity contribution < 1.29 is 9.59 Å². The number of amides is 2. The fraction of sp³-hybridized carbons (Fsp3) is 0.730. The predicted octanol–water partition coefficient (Wildman–Crippen LogP) is 6.14. The fourth-order valence-corrected chi connectivity index (χ4v) is 9.70. The SMILES string of the molecule is O=C(NC(Cc1ccc(Cl)cc1)C(=O)N1CCC(Cn2cncn2)(C2CCCCC2)CC1)C1CC2CCCCC2CN1CC1CC1. The monoisotopic (exact) mass is 648 g/mol. The molecule has 5 fully saturated rings. The second kappa shape index (κ2) is 14.3. The molecule has 2 amide bonds. The number of piperidine rings is 2. The number of aromatic nitrogens is 3. The molecule has 1 N–H and O–H groups in total. The lowest BCUT2D eigenvalue weighted by Crippen LogP contribution is -2.59. The number of carbonyl (C=O) groups excluding carboxylic acids is 2. The maximum Gasteiger partial charge on any atom is 0.245 e. The Labute approximate surface area is 280 Å². The lowest BCUT2D eigenvalue weighted by atomic mass is 9.63. The lowest BCUT2D eigenvalue weighted by Gasteiger charge is -2.48. The minimum Gasteiger partial charge on any atom is -0.343 e. The zero-order chi connectivity index (χ0) is 31.5. The van der Waals surface area contributed by atoms with Crippen LogP contribution in [0.4, 0.5) is 0 Å². The van der Waals surface area contributed by atoms with E-state index in [9.17, 15) is 9.59 Å². The van der Waals surface area contributed by atoms with Crippen LogP contribution in [0, 0.1) is 29.1 Å². The molecule has 0 bridgehead atoms. The van der Waals surface area contributed by atoms with E-state index in [0.717, 1.165) is 69.4 Å². The standard InChI is InChI=1S/C37H53ClN6O2/c38-32-14-12-27(13-15-32)20-33(41-35(45)34-21-29-6-4-5-7-30(29)23-43(34)22-28-10-11-28)36(46)42-18-16-37(17-19-42,24-44-26-39-25-40-44)31-8-2-1-3-9-31/h12-15,25-26,28-31,33-34H,1-11,16-24H2,(H,41,45). The fourth-order valence-electron chi connectivity index (χ4n) is 9.57. The highest BCUT2D eigenvalue weighted by atomic mass is 35.5. The molecule has 4 unspecified atom stereocenters. The second-order valence-corrected chi connectivity index (χ2v) is 15.9. The molecule has 8 nitrogen and oxygen atoms in total. The molecule has 0 spiro atoms. The van der Waals surface area contributed by atoms with Crippen molar-refractivity contribution in [2.75, 3.05) is 26.2 Å². The van der Waals surface area contributed by atoms with Crippen LogP contribution in [-0.2, 0) is 22.6 Å². The van der Waals surface area contributed by atoms with Crippen molar-refractivity contribution in [3.63, 3.8) is 0 Å². The molecule has 2 saturated heterocycles. The van der Waals surface area contributed by atoms with Gasteiger partial charge in [-0.25, -0.2) is 4.98 Å². The van der Waals surface area contributed by atoms with Gasteiger partial charge in [0.05, 0.1) is 6.04 Å². The summed E-state index contributed by atoms with van der Waals surface area (Å²) in [6.07, 6.45) is 21.0. The van der Waals surface area contributed by atoms with Gasteiger partial charge in [0.25, 0.3) is 0 Å². The van der Waals surface area contributed by atoms with E-state index in [0.29, 0.717) is 23.3 Å². The van der Waals surface area contributed by atoms with Gasteiger partial charge in [0.1, 0.15) is 18.7 Å². The molecule has 3 heterocycles. The van der Waals surface area contributed by atoms with Crippen LogP contribution in [0.2, 0.25) is 5.02 Å². The van der Waals surface area contributed by atoms with E-state index < -0.39 is 6.04 Å². The highest BCUT2D eigenvalue weighted by Crippen LogP contribution is 2.47. The molecule has 3 aliphatic carbocycles. The molecule has 9 heteroatoms. The van der Waals surface area contributed by atoms with Gasteiger partial charge in [-0.05, 0) is 98.1 Å². The zero-order valence-corrected chi connectivity index (χ0v) is 28.3. The first-order valence-electron chi connectivity index (χ1n) is 18.4. The van der Waals surface area contributed by atoms with Crippen LogP contribution in [-0.4, -0.2) is 74.6 Å². The van der Waals surface area contributed by atoms with Crippen molar-refractivity contribution in [1.82, 2.24) is 29.9 Å². The Morgan fingerprint density at radius 2 is 1.65 bits per heavy atom. The number of benzene rings is 1. The third kappa shape index (κ3) is 7.48. The van der Waals surface area contributed by atoms with Gasteiger partial charge in [-0.1, -0.05) is 62.3 Å². The van der Waals surface area contributed by atoms with E-state index in [2.05, 4.69) is 20.3 Å². The quantitative estimate of drug-likeness (QED) is 0.335. The van der Waals surface area contributed by atoms with E-state index in [1.165, 1.54) is 70.6 Å². The van der Waals surface area contributed by atoms with Gasteiger partial charge in [-0.15, -0.1) is 0 Å². The van der Waals surface area contributed by atoms with Crippen LogP contribution < -0.4 is 5.32 Å². The highest BCUT2D eigenvalue weighted by Gasteiger charge is 2.45. The average molecular weight is 649 g/mol. The molecule has 46 heavy (non-hydrogen) atoms. The Balaban J connectivity index is 1.07. The number of nitrogens with one attached hydrogen (secondary N) is 1. The summed E-state index contributed by atoms with van der Waals surface area (Å²) in [5.41, 5.74) is 1.15. The van der Waals surface area contributed by atoms with E-state index in [4.69, 9.17) is 11.6 Å². The van der Waals surface area contributed by atoms with Crippen LogP contribution in [0.1, 0.15) is 95.5 Å². The molecule has 5 aliphatic rings. The Morgan fingerprint density at radius 1 is 0.935 bits per heavy atom. The predicted molar refractivity (Wildman–Crippen MR) is 180 cm³/mol. The second-order valence-electron chi connectivity index (χ2n) is 15.5. The summed E-state index contributed by atoms with van der Waals surface area (Å²) in [6.45, 7) is 4.37. The molecular formula is C37H53ClN6O2. The Bertz CT molecular complexity index is 1300. The number of hydrogen-bond donors (Lipinski definition) is 1. The molecule has 1 aromatic carbocycles. The third-order valence-electron chi connectivity index (χ3n) is 12.4. The number of fused-ring (bicyclic) bond motifs is 1. The van der Waals surface area contributed by atoms with Crippen molar-refractivity contribution in [3.8, 4) is 0 Å². The summed E-state index contributed by atoms with van der Waals surface area (Å²) in [6, 6.07) is 7.02. The summed E-state index contributed by atoms with van der Waals surface area (Å²) in [5.74, 6) is 2.85.